The lowest BCUT2D eigenvalue weighted by Crippen LogP contribution is -2.24. The molecule has 2 aliphatic rings. The summed E-state index contributed by atoms with van der Waals surface area (Å²) in [5, 5.41) is 0.747. The minimum absolute atomic E-state index is 0.296. The first kappa shape index (κ1) is 11.8. The summed E-state index contributed by atoms with van der Waals surface area (Å²) in [6.07, 6.45) is 11.0. The Morgan fingerprint density at radius 1 is 1.19 bits per heavy atom. The summed E-state index contributed by atoms with van der Waals surface area (Å²) in [4.78, 5) is 15.3. The highest BCUT2D eigenvalue weighted by Crippen LogP contribution is 2.35. The van der Waals surface area contributed by atoms with Gasteiger partial charge in [0.25, 0.3) is 0 Å². The molecule has 0 aromatic heterocycles. The first-order chi connectivity index (χ1) is 7.83. The molecule has 1 aliphatic carbocycles. The van der Waals surface area contributed by atoms with Crippen LogP contribution in [0.5, 0.6) is 0 Å². The maximum absolute atomic E-state index is 10.8. The highest BCUT2D eigenvalue weighted by Gasteiger charge is 2.28. The number of hydrogen-bond donors (Lipinski definition) is 0. The van der Waals surface area contributed by atoms with Crippen LogP contribution in [0.1, 0.15) is 44.9 Å². The van der Waals surface area contributed by atoms with Gasteiger partial charge in [-0.15, -0.1) is 0 Å². The molecule has 16 heavy (non-hydrogen) atoms. The van der Waals surface area contributed by atoms with Crippen LogP contribution in [0.2, 0.25) is 0 Å². The molecule has 0 spiro atoms. The first-order valence-corrected chi connectivity index (χ1v) is 6.58. The van der Waals surface area contributed by atoms with Crippen molar-refractivity contribution in [2.45, 2.75) is 51.0 Å². The van der Waals surface area contributed by atoms with E-state index < -0.39 is 0 Å². The van der Waals surface area contributed by atoms with Crippen molar-refractivity contribution in [3.05, 3.63) is 10.6 Å². The van der Waals surface area contributed by atoms with E-state index in [9.17, 15) is 4.79 Å². The number of allylic oxidation sites excluding steroid dienone is 1. The molecule has 0 amide bonds. The Balaban J connectivity index is 2.16. The van der Waals surface area contributed by atoms with Crippen LogP contribution in [-0.2, 0) is 4.79 Å². The van der Waals surface area contributed by atoms with Crippen molar-refractivity contribution in [1.29, 1.82) is 0 Å². The van der Waals surface area contributed by atoms with Gasteiger partial charge in [-0.3, -0.25) is 9.79 Å². The number of carbonyl (C=O) groups is 1. The van der Waals surface area contributed by atoms with Gasteiger partial charge in [0.05, 0.1) is 6.04 Å². The number of fused-ring (bicyclic) bond motifs is 1. The highest BCUT2D eigenvalue weighted by atomic mass is 35.5. The molecule has 2 unspecified atom stereocenters. The summed E-state index contributed by atoms with van der Waals surface area (Å²) in [5.41, 5.74) is 0.585. The molecule has 88 valence electrons. The number of halogens is 1. The van der Waals surface area contributed by atoms with E-state index in [2.05, 4.69) is 4.99 Å². The Bertz CT molecular complexity index is 322. The number of aliphatic imine (C=N–C) groups is 1. The molecule has 0 saturated heterocycles. The monoisotopic (exact) mass is 239 g/mol. The maximum Gasteiger partial charge on any atom is 0.152 e. The molecule has 0 aromatic rings. The van der Waals surface area contributed by atoms with Crippen LogP contribution in [0.15, 0.2) is 15.6 Å². The van der Waals surface area contributed by atoms with E-state index in [0.29, 0.717) is 17.5 Å². The third-order valence-electron chi connectivity index (χ3n) is 3.61. The Labute approximate surface area is 102 Å². The second kappa shape index (κ2) is 5.62. The van der Waals surface area contributed by atoms with Gasteiger partial charge in [-0.25, -0.2) is 0 Å². The summed E-state index contributed by atoms with van der Waals surface area (Å²) in [7, 11) is 0. The Hall–Kier alpha value is -0.630. The number of aldehydes is 1. The molecule has 0 N–H and O–H groups in total. The fraction of sp³-hybridized carbons (Fsp3) is 0.692. The predicted octanol–water partition coefficient (Wildman–Crippen LogP) is 3.49. The van der Waals surface area contributed by atoms with Crippen LogP contribution in [-0.4, -0.2) is 18.5 Å². The van der Waals surface area contributed by atoms with Gasteiger partial charge in [0.1, 0.15) is 0 Å². The molecule has 2 atom stereocenters. The molecule has 2 rings (SSSR count). The summed E-state index contributed by atoms with van der Waals surface area (Å²) >= 11 is 6.29. The summed E-state index contributed by atoms with van der Waals surface area (Å²) < 4.78 is 0. The lowest BCUT2D eigenvalue weighted by atomic mass is 9.88. The third-order valence-corrected chi connectivity index (χ3v) is 4.11. The van der Waals surface area contributed by atoms with Gasteiger partial charge >= 0.3 is 0 Å². The van der Waals surface area contributed by atoms with Crippen LogP contribution in [0, 0.1) is 5.92 Å². The normalized spacial score (nSPS) is 31.3. The Morgan fingerprint density at radius 2 is 1.88 bits per heavy atom. The number of dihydropyridines is 1. The van der Waals surface area contributed by atoms with Gasteiger partial charge in [-0.2, -0.15) is 0 Å². The van der Waals surface area contributed by atoms with Crippen molar-refractivity contribution < 1.29 is 4.79 Å². The SMILES string of the molecule is O=CC1=C(Cl)C2CCCCCCCC2N=C1. The van der Waals surface area contributed by atoms with E-state index >= 15 is 0 Å². The molecule has 0 radical (unpaired) electrons. The Kier molecular flexibility index (Phi) is 4.16. The zero-order valence-corrected chi connectivity index (χ0v) is 10.2. The smallest absolute Gasteiger partial charge is 0.152 e. The van der Waals surface area contributed by atoms with Crippen molar-refractivity contribution >= 4 is 24.1 Å². The maximum atomic E-state index is 10.8. The largest absolute Gasteiger partial charge is 0.298 e. The van der Waals surface area contributed by atoms with Gasteiger partial charge in [-0.1, -0.05) is 43.7 Å². The molecule has 0 aromatic carbocycles. The Morgan fingerprint density at radius 3 is 2.62 bits per heavy atom. The number of carbonyl (C=O) groups excluding carboxylic acids is 1. The van der Waals surface area contributed by atoms with Crippen LogP contribution < -0.4 is 0 Å². The van der Waals surface area contributed by atoms with Crippen molar-refractivity contribution in [3.63, 3.8) is 0 Å². The lowest BCUT2D eigenvalue weighted by molar-refractivity contribution is -0.104. The minimum atomic E-state index is 0.296. The van der Waals surface area contributed by atoms with Crippen LogP contribution in [0.3, 0.4) is 0 Å². The van der Waals surface area contributed by atoms with Crippen molar-refractivity contribution in [2.24, 2.45) is 10.9 Å². The van der Waals surface area contributed by atoms with Gasteiger partial charge in [0.2, 0.25) is 0 Å². The first-order valence-electron chi connectivity index (χ1n) is 6.21. The quantitative estimate of drug-likeness (QED) is 0.644. The van der Waals surface area contributed by atoms with Gasteiger partial charge in [0, 0.05) is 22.7 Å². The fourth-order valence-electron chi connectivity index (χ4n) is 2.65. The molecule has 1 saturated carbocycles. The highest BCUT2D eigenvalue weighted by molar-refractivity contribution is 6.34. The molecule has 1 fully saturated rings. The van der Waals surface area contributed by atoms with E-state index in [4.69, 9.17) is 11.6 Å². The summed E-state index contributed by atoms with van der Waals surface area (Å²) in [6, 6.07) is 0.314. The van der Waals surface area contributed by atoms with Crippen LogP contribution in [0.25, 0.3) is 0 Å². The fourth-order valence-corrected chi connectivity index (χ4v) is 3.00. The molecular weight excluding hydrogens is 222 g/mol. The molecule has 1 aliphatic heterocycles. The average molecular weight is 240 g/mol. The number of hydrogen-bond acceptors (Lipinski definition) is 2. The zero-order chi connectivity index (χ0) is 11.4. The van der Waals surface area contributed by atoms with Crippen molar-refractivity contribution in [3.8, 4) is 0 Å². The van der Waals surface area contributed by atoms with E-state index in [-0.39, 0.29) is 0 Å². The van der Waals surface area contributed by atoms with Gasteiger partial charge < -0.3 is 0 Å². The van der Waals surface area contributed by atoms with E-state index in [1.807, 2.05) is 0 Å². The van der Waals surface area contributed by atoms with Crippen molar-refractivity contribution in [2.75, 3.05) is 0 Å². The third kappa shape index (κ3) is 2.54. The second-order valence-corrected chi connectivity index (χ2v) is 5.13. The van der Waals surface area contributed by atoms with Gasteiger partial charge in [0.15, 0.2) is 6.29 Å². The van der Waals surface area contributed by atoms with E-state index in [1.165, 1.54) is 32.1 Å². The standard InChI is InChI=1S/C13H18ClNO/c14-13-10(9-16)8-15-12-7-5-3-1-2-4-6-11(12)13/h8-9,11-12H,1-7H2. The number of rotatable bonds is 1. The summed E-state index contributed by atoms with van der Waals surface area (Å²) in [6.45, 7) is 0. The zero-order valence-electron chi connectivity index (χ0n) is 9.49. The minimum Gasteiger partial charge on any atom is -0.298 e. The summed E-state index contributed by atoms with van der Waals surface area (Å²) in [5.74, 6) is 0.296. The molecule has 2 nitrogen and oxygen atoms in total. The molecular formula is C13H18ClNO. The lowest BCUT2D eigenvalue weighted by Gasteiger charge is -2.26. The second-order valence-electron chi connectivity index (χ2n) is 4.72. The van der Waals surface area contributed by atoms with E-state index in [1.54, 1.807) is 6.21 Å². The van der Waals surface area contributed by atoms with E-state index in [0.717, 1.165) is 24.2 Å². The van der Waals surface area contributed by atoms with Crippen LogP contribution in [0.4, 0.5) is 0 Å². The number of nitrogens with zero attached hydrogens (tertiary/aromatic N) is 1. The van der Waals surface area contributed by atoms with Crippen LogP contribution >= 0.6 is 11.6 Å². The van der Waals surface area contributed by atoms with Crippen molar-refractivity contribution in [1.82, 2.24) is 0 Å². The topological polar surface area (TPSA) is 29.4 Å². The molecule has 0 bridgehead atoms. The predicted molar refractivity (Wildman–Crippen MR) is 67.0 cm³/mol. The molecule has 3 heteroatoms. The average Bonchev–Trinajstić information content (AvgIpc) is 2.41. The molecule has 1 heterocycles. The van der Waals surface area contributed by atoms with Gasteiger partial charge in [-0.05, 0) is 12.8 Å².